The third kappa shape index (κ3) is 5.40. The fourth-order valence-electron chi connectivity index (χ4n) is 1.60. The summed E-state index contributed by atoms with van der Waals surface area (Å²) in [5, 5.41) is 11.5. The van der Waals surface area contributed by atoms with Gasteiger partial charge >= 0.3 is 0 Å². The largest absolute Gasteiger partial charge is 0.492 e. The van der Waals surface area contributed by atoms with Gasteiger partial charge in [0.2, 0.25) is 5.91 Å². The van der Waals surface area contributed by atoms with E-state index in [1.807, 2.05) is 24.1 Å². The minimum absolute atomic E-state index is 0.00163. The second kappa shape index (κ2) is 8.11. The zero-order valence-electron chi connectivity index (χ0n) is 11.3. The first-order valence-electron chi connectivity index (χ1n) is 6.18. The number of amides is 1. The summed E-state index contributed by atoms with van der Waals surface area (Å²) in [7, 11) is 3.51. The molecule has 0 fully saturated rings. The van der Waals surface area contributed by atoms with Crippen LogP contribution in [0.3, 0.4) is 0 Å². The molecule has 5 heteroatoms. The molecule has 0 saturated heterocycles. The number of carbonyl (C=O) groups is 1. The minimum atomic E-state index is -0.00163. The first kappa shape index (κ1) is 15.0. The molecule has 0 heterocycles. The number of hydrogen-bond acceptors (Lipinski definition) is 4. The van der Waals surface area contributed by atoms with Crippen LogP contribution < -0.4 is 10.1 Å². The molecule has 1 amide bonds. The highest BCUT2D eigenvalue weighted by Gasteiger charge is 2.05. The van der Waals surface area contributed by atoms with Gasteiger partial charge in [0.1, 0.15) is 11.8 Å². The highest BCUT2D eigenvalue weighted by molar-refractivity contribution is 5.77. The van der Waals surface area contributed by atoms with Crippen molar-refractivity contribution in [1.29, 1.82) is 5.26 Å². The molecule has 1 aromatic carbocycles. The van der Waals surface area contributed by atoms with Gasteiger partial charge in [-0.05, 0) is 25.6 Å². The van der Waals surface area contributed by atoms with Crippen LogP contribution in [0.2, 0.25) is 0 Å². The van der Waals surface area contributed by atoms with Crippen molar-refractivity contribution < 1.29 is 9.53 Å². The number of nitrogens with one attached hydrogen (secondary N) is 1. The van der Waals surface area contributed by atoms with E-state index in [1.54, 1.807) is 19.2 Å². The predicted molar refractivity (Wildman–Crippen MR) is 72.8 cm³/mol. The molecule has 102 valence electrons. The maximum Gasteiger partial charge on any atom is 0.233 e. The second-order valence-electron chi connectivity index (χ2n) is 4.22. The van der Waals surface area contributed by atoms with Crippen molar-refractivity contribution in [3.8, 4) is 11.8 Å². The van der Waals surface area contributed by atoms with Gasteiger partial charge in [-0.1, -0.05) is 12.1 Å². The molecule has 0 aliphatic carbocycles. The van der Waals surface area contributed by atoms with Crippen molar-refractivity contribution in [2.45, 2.75) is 6.42 Å². The highest BCUT2D eigenvalue weighted by atomic mass is 16.5. The lowest BCUT2D eigenvalue weighted by molar-refractivity contribution is -0.121. The van der Waals surface area contributed by atoms with Crippen LogP contribution in [0.25, 0.3) is 0 Å². The number of nitrogens with zero attached hydrogens (tertiary/aromatic N) is 2. The van der Waals surface area contributed by atoms with Crippen LogP contribution in [0.1, 0.15) is 12.0 Å². The molecule has 0 bridgehead atoms. The van der Waals surface area contributed by atoms with Gasteiger partial charge in [-0.2, -0.15) is 5.26 Å². The first-order chi connectivity index (χ1) is 9.17. The predicted octanol–water partition coefficient (Wildman–Crippen LogP) is 1.00. The monoisotopic (exact) mass is 261 g/mol. The molecule has 0 spiro atoms. The molecular weight excluding hydrogens is 242 g/mol. The van der Waals surface area contributed by atoms with Crippen LogP contribution >= 0.6 is 0 Å². The van der Waals surface area contributed by atoms with E-state index in [-0.39, 0.29) is 5.91 Å². The Morgan fingerprint density at radius 1 is 1.47 bits per heavy atom. The maximum atomic E-state index is 11.1. The molecular formula is C14H19N3O2. The first-order valence-corrected chi connectivity index (χ1v) is 6.18. The minimum Gasteiger partial charge on any atom is -0.492 e. The van der Waals surface area contributed by atoms with E-state index >= 15 is 0 Å². The fraction of sp³-hybridized carbons (Fsp3) is 0.429. The van der Waals surface area contributed by atoms with Gasteiger partial charge in [-0.3, -0.25) is 9.69 Å². The van der Waals surface area contributed by atoms with E-state index in [0.29, 0.717) is 24.5 Å². The summed E-state index contributed by atoms with van der Waals surface area (Å²) in [6, 6.07) is 9.25. The SMILES string of the molecule is CNC(=O)CN(C)CCCOc1ccccc1C#N. The average Bonchev–Trinajstić information content (AvgIpc) is 2.43. The molecule has 0 unspecified atom stereocenters. The Morgan fingerprint density at radius 3 is 2.89 bits per heavy atom. The van der Waals surface area contributed by atoms with Crippen molar-refractivity contribution in [2.24, 2.45) is 0 Å². The number of nitriles is 1. The Bertz CT molecular complexity index is 454. The summed E-state index contributed by atoms with van der Waals surface area (Å²) in [4.78, 5) is 13.1. The molecule has 0 aliphatic rings. The van der Waals surface area contributed by atoms with Gasteiger partial charge in [0.05, 0.1) is 18.7 Å². The number of para-hydroxylation sites is 1. The number of hydrogen-bond donors (Lipinski definition) is 1. The summed E-state index contributed by atoms with van der Waals surface area (Å²) in [6.45, 7) is 1.67. The second-order valence-corrected chi connectivity index (χ2v) is 4.22. The smallest absolute Gasteiger partial charge is 0.233 e. The van der Waals surface area contributed by atoms with Crippen LogP contribution in [0.15, 0.2) is 24.3 Å². The Hall–Kier alpha value is -2.06. The Labute approximate surface area is 113 Å². The highest BCUT2D eigenvalue weighted by Crippen LogP contribution is 2.16. The van der Waals surface area contributed by atoms with E-state index in [0.717, 1.165) is 13.0 Å². The van der Waals surface area contributed by atoms with Crippen molar-refractivity contribution >= 4 is 5.91 Å². The zero-order chi connectivity index (χ0) is 14.1. The Morgan fingerprint density at radius 2 is 2.21 bits per heavy atom. The summed E-state index contributed by atoms with van der Waals surface area (Å²) in [6.07, 6.45) is 0.799. The van der Waals surface area contributed by atoms with Crippen LogP contribution in [0, 0.1) is 11.3 Å². The van der Waals surface area contributed by atoms with Gasteiger partial charge in [0.15, 0.2) is 0 Å². The molecule has 5 nitrogen and oxygen atoms in total. The molecule has 0 atom stereocenters. The molecule has 1 aromatic rings. The van der Waals surface area contributed by atoms with Crippen LogP contribution in [0.4, 0.5) is 0 Å². The van der Waals surface area contributed by atoms with Crippen molar-refractivity contribution in [2.75, 3.05) is 33.8 Å². The van der Waals surface area contributed by atoms with Crippen molar-refractivity contribution in [3.05, 3.63) is 29.8 Å². The lowest BCUT2D eigenvalue weighted by Crippen LogP contribution is -2.33. The average molecular weight is 261 g/mol. The van der Waals surface area contributed by atoms with Crippen LogP contribution in [0.5, 0.6) is 5.75 Å². The number of rotatable bonds is 7. The van der Waals surface area contributed by atoms with Gasteiger partial charge in [-0.25, -0.2) is 0 Å². The third-order valence-corrected chi connectivity index (χ3v) is 2.64. The number of carbonyl (C=O) groups excluding carboxylic acids is 1. The Balaban J connectivity index is 2.28. The van der Waals surface area contributed by atoms with E-state index in [4.69, 9.17) is 10.00 Å². The summed E-state index contributed by atoms with van der Waals surface area (Å²) >= 11 is 0. The quantitative estimate of drug-likeness (QED) is 0.744. The van der Waals surface area contributed by atoms with E-state index in [9.17, 15) is 4.79 Å². The van der Waals surface area contributed by atoms with Gasteiger partial charge in [0.25, 0.3) is 0 Å². The van der Waals surface area contributed by atoms with Crippen LogP contribution in [-0.2, 0) is 4.79 Å². The normalized spacial score (nSPS) is 10.0. The van der Waals surface area contributed by atoms with E-state index in [1.165, 1.54) is 0 Å². The van der Waals surface area contributed by atoms with E-state index < -0.39 is 0 Å². The molecule has 0 aliphatic heterocycles. The summed E-state index contributed by atoms with van der Waals surface area (Å²) in [5.74, 6) is 0.609. The zero-order valence-corrected chi connectivity index (χ0v) is 11.3. The molecule has 0 saturated carbocycles. The third-order valence-electron chi connectivity index (χ3n) is 2.64. The molecule has 1 rings (SSSR count). The molecule has 0 aromatic heterocycles. The van der Waals surface area contributed by atoms with Gasteiger partial charge in [-0.15, -0.1) is 0 Å². The molecule has 19 heavy (non-hydrogen) atoms. The van der Waals surface area contributed by atoms with Gasteiger partial charge in [0, 0.05) is 13.6 Å². The summed E-state index contributed by atoms with van der Waals surface area (Å²) in [5.41, 5.74) is 0.543. The van der Waals surface area contributed by atoms with Crippen molar-refractivity contribution in [3.63, 3.8) is 0 Å². The van der Waals surface area contributed by atoms with Gasteiger partial charge < -0.3 is 10.1 Å². The number of benzene rings is 1. The topological polar surface area (TPSA) is 65.4 Å². The Kier molecular flexibility index (Phi) is 6.41. The van der Waals surface area contributed by atoms with Crippen molar-refractivity contribution in [1.82, 2.24) is 10.2 Å². The lowest BCUT2D eigenvalue weighted by atomic mass is 10.2. The summed E-state index contributed by atoms with van der Waals surface area (Å²) < 4.78 is 5.56. The number of likely N-dealkylation sites (N-methyl/N-ethyl adjacent to an activating group) is 2. The fourth-order valence-corrected chi connectivity index (χ4v) is 1.60. The standard InChI is InChI=1S/C14H19N3O2/c1-16-14(18)11-17(2)8-5-9-19-13-7-4-3-6-12(13)10-15/h3-4,6-7H,5,8-9,11H2,1-2H3,(H,16,18). The lowest BCUT2D eigenvalue weighted by Gasteiger charge is -2.15. The van der Waals surface area contributed by atoms with Crippen LogP contribution in [-0.4, -0.2) is 44.6 Å². The number of ether oxygens (including phenoxy) is 1. The molecule has 1 N–H and O–H groups in total. The maximum absolute atomic E-state index is 11.1. The van der Waals surface area contributed by atoms with E-state index in [2.05, 4.69) is 11.4 Å². The molecule has 0 radical (unpaired) electrons.